The van der Waals surface area contributed by atoms with Gasteiger partial charge in [-0.25, -0.2) is 42.1 Å². The number of piperazine rings is 1. The number of piperidine rings is 2. The maximum Gasteiger partial charge on any atom is 0.271 e. The molecule has 0 radical (unpaired) electrons. The summed E-state index contributed by atoms with van der Waals surface area (Å²) in [5.41, 5.74) is 2.43. The van der Waals surface area contributed by atoms with Gasteiger partial charge < -0.3 is 35.2 Å². The van der Waals surface area contributed by atoms with E-state index < -0.39 is 97.8 Å². The molecule has 0 saturated carbocycles. The second-order valence-electron chi connectivity index (χ2n) is 35.2. The van der Waals surface area contributed by atoms with Crippen LogP contribution in [0.4, 0.5) is 28.4 Å². The zero-order chi connectivity index (χ0) is 107. The van der Waals surface area contributed by atoms with Gasteiger partial charge in [0.2, 0.25) is 56.0 Å². The molecule has 10 aromatic carbocycles. The van der Waals surface area contributed by atoms with E-state index in [1.807, 2.05) is 64.1 Å². The van der Waals surface area contributed by atoms with Crippen LogP contribution in [0.1, 0.15) is 86.5 Å². The molecule has 148 heavy (non-hydrogen) atoms. The van der Waals surface area contributed by atoms with Gasteiger partial charge in [0.05, 0.1) is 46.2 Å². The molecule has 792 valence electrons. The number of hydrogen-bond donors (Lipinski definition) is 3. The lowest BCUT2D eigenvalue weighted by atomic mass is 10.1. The number of sulfonamides is 5. The Bertz CT molecular complexity index is 6890. The van der Waals surface area contributed by atoms with E-state index in [2.05, 4.69) is 25.8 Å². The first-order chi connectivity index (χ1) is 70.3. The first-order valence-corrected chi connectivity index (χ1v) is 58.7. The molecule has 52 heteroatoms. The maximum atomic E-state index is 13.6. The van der Waals surface area contributed by atoms with Gasteiger partial charge in [0.15, 0.2) is 0 Å². The smallest absolute Gasteiger partial charge is 0.271 e. The Kier molecular flexibility index (Phi) is 40.4. The van der Waals surface area contributed by atoms with E-state index in [9.17, 15) is 97.5 Å². The number of nitrogens with one attached hydrogen (secondary N) is 3. The standard InChI is InChI=1S/C23H29N3O5S.C21H23Cl2N3O4S2.C19H23N3O4S2.C17H17Cl2N3O4S2.C16H13Cl2N3O6S/c1-17-5-6-18(2)22(15-17)31-21-8-7-20(26(27)28)16-23(21)32(29,30)25-13-9-19(10-14-25)24-11-3-4-12-24;22-15-3-5-18(23)20(13-15)31-19-6-4-17(26(27)28)14-21(19)32(29,30)25-11-7-16(8-12-25)24-9-1-2-10-24;1-14-4-5-15(2)18(12-14)27-17-7-6-16(22(23)24)13-19(17)28(25,26)21-10-3-8-20-9-11-21;18-12-2-4-14(19)16(10-12)27-15-5-3-13(22(23)24)11-17(15)28(25,26)21-8-1-6-20-7-9-21;17-10-1-3-12(18)14(7-10)27-13-4-2-11(21(23)24)8-15(13)28(25,26)20-6-5-19-16(22)9-20/h5-8,15-16,19H,3-4,9-14H2,1-2H3;3-6,13-14,16H,1-2,7-12H2;4-7,12-13,20H,3,8-11H2,1-2H3;2-5,10-11,20H,1,6-9H2;1-4,7-8H,5-6,9H2,(H,19,22). The molecular formula is C96H105Cl6N15O23S8. The number of hydrogen-bond acceptors (Lipinski definition) is 30. The molecule has 7 aliphatic heterocycles. The van der Waals surface area contributed by atoms with Crippen molar-refractivity contribution in [2.45, 2.75) is 158 Å². The van der Waals surface area contributed by atoms with Gasteiger partial charge in [0.1, 0.15) is 47.5 Å². The van der Waals surface area contributed by atoms with Crippen molar-refractivity contribution in [1.29, 1.82) is 0 Å². The van der Waals surface area contributed by atoms with Crippen molar-refractivity contribution < 1.29 is 81.0 Å². The highest BCUT2D eigenvalue weighted by atomic mass is 35.5. The van der Waals surface area contributed by atoms with Crippen LogP contribution in [0.5, 0.6) is 23.0 Å². The molecule has 3 N–H and O–H groups in total. The lowest BCUT2D eigenvalue weighted by Crippen LogP contribution is -2.49. The number of benzene rings is 10. The van der Waals surface area contributed by atoms with E-state index in [0.29, 0.717) is 146 Å². The number of ether oxygens (including phenoxy) is 2. The van der Waals surface area contributed by atoms with E-state index in [0.717, 1.165) is 156 Å². The predicted molar refractivity (Wildman–Crippen MR) is 569 cm³/mol. The molecule has 10 aromatic rings. The topological polar surface area (TPSA) is 481 Å². The fourth-order valence-electron chi connectivity index (χ4n) is 17.1. The van der Waals surface area contributed by atoms with Crippen LogP contribution in [-0.2, 0) is 54.9 Å². The zero-order valence-electron chi connectivity index (χ0n) is 80.3. The second-order valence-corrected chi connectivity index (χ2v) is 50.5. The Balaban J connectivity index is 0.000000155. The monoisotopic (exact) mass is 2300 g/mol. The average Bonchev–Trinajstić information content (AvgIpc) is 0.908. The summed E-state index contributed by atoms with van der Waals surface area (Å²) >= 11 is 40.1. The molecule has 0 aromatic heterocycles. The maximum absolute atomic E-state index is 13.6. The molecule has 7 saturated heterocycles. The van der Waals surface area contributed by atoms with Crippen molar-refractivity contribution in [1.82, 2.24) is 47.3 Å². The Labute approximate surface area is 900 Å². The Hall–Kier alpha value is -9.55. The lowest BCUT2D eigenvalue weighted by molar-refractivity contribution is -0.385. The molecule has 0 aliphatic carbocycles. The number of non-ortho nitro benzene ring substituents is 5. The number of aryl methyl sites for hydroxylation is 4. The highest BCUT2D eigenvalue weighted by Crippen LogP contribution is 2.47. The summed E-state index contributed by atoms with van der Waals surface area (Å²) in [6, 6.07) is 45.3. The zero-order valence-corrected chi connectivity index (χ0v) is 91.3. The third kappa shape index (κ3) is 29.7. The second kappa shape index (κ2) is 51.7. The number of carbonyl (C=O) groups excluding carboxylic acids is 1. The van der Waals surface area contributed by atoms with Gasteiger partial charge in [-0.2, -0.15) is 21.5 Å². The lowest BCUT2D eigenvalue weighted by Gasteiger charge is -2.36. The first-order valence-electron chi connectivity index (χ1n) is 46.8. The van der Waals surface area contributed by atoms with Crippen LogP contribution in [0.3, 0.4) is 0 Å². The average molecular weight is 2310 g/mol. The molecule has 7 fully saturated rings. The minimum atomic E-state index is -4.26. The summed E-state index contributed by atoms with van der Waals surface area (Å²) in [4.78, 5) is 72.3. The summed E-state index contributed by atoms with van der Waals surface area (Å²) in [6.07, 6.45) is 9.20. The number of likely N-dealkylation sites (tertiary alicyclic amines) is 2. The summed E-state index contributed by atoms with van der Waals surface area (Å²) in [7, 11) is -19.9. The third-order valence-corrected chi connectivity index (χ3v) is 40.4. The molecular weight excluding hydrogens is 2200 g/mol. The molecule has 7 aliphatic rings. The highest BCUT2D eigenvalue weighted by Gasteiger charge is 2.41. The van der Waals surface area contributed by atoms with E-state index in [4.69, 9.17) is 79.1 Å². The molecule has 7 heterocycles. The van der Waals surface area contributed by atoms with Gasteiger partial charge in [0, 0.05) is 202 Å². The Morgan fingerprint density at radius 1 is 0.304 bits per heavy atom. The number of amides is 1. The van der Waals surface area contributed by atoms with Gasteiger partial charge in [-0.05, 0) is 244 Å². The minimum Gasteiger partial charge on any atom is -0.456 e. The molecule has 0 bridgehead atoms. The Morgan fingerprint density at radius 2 is 0.635 bits per heavy atom. The number of nitrogens with zero attached hydrogens (tertiary/aromatic N) is 12. The SMILES string of the molecule is Cc1ccc(C)c(Oc2ccc([N+](=O)[O-])cc2S(=O)(=O)N2CCC(N3CCCC3)CC2)c1.Cc1ccc(C)c(Sc2ccc([N+](=O)[O-])cc2S(=O)(=O)N2CCCNCC2)c1.O=C1CN(S(=O)(=O)c2cc([N+](=O)[O-])ccc2Oc2cc(Cl)ccc2Cl)CCN1.O=[N+]([O-])c1ccc(Sc2cc(Cl)ccc2Cl)c(S(=O)(=O)N2CCC(N3CCCC3)CC2)c1.O=[N+]([O-])c1ccc(Sc2cc(Cl)ccc2Cl)c(S(=O)(=O)N2CCCNCC2)c1. The van der Waals surface area contributed by atoms with E-state index >= 15 is 0 Å². The third-order valence-electron chi connectivity index (χ3n) is 25.0. The summed E-state index contributed by atoms with van der Waals surface area (Å²) < 4.78 is 152. The summed E-state index contributed by atoms with van der Waals surface area (Å²) in [5.74, 6) is 0.0613. The fourth-order valence-corrected chi connectivity index (χ4v) is 30.3. The number of nitro benzene ring substituents is 5. The number of rotatable bonds is 27. The molecule has 38 nitrogen and oxygen atoms in total. The van der Waals surface area contributed by atoms with Crippen molar-refractivity contribution in [3.8, 4) is 23.0 Å². The molecule has 1 amide bonds. The van der Waals surface area contributed by atoms with Crippen molar-refractivity contribution in [2.24, 2.45) is 0 Å². The first kappa shape index (κ1) is 116. The molecule has 0 spiro atoms. The van der Waals surface area contributed by atoms with E-state index in [1.165, 1.54) is 127 Å². The van der Waals surface area contributed by atoms with E-state index in [1.54, 1.807) is 36.4 Å². The molecule has 0 atom stereocenters. The summed E-state index contributed by atoms with van der Waals surface area (Å²) in [6.45, 7) is 17.3. The van der Waals surface area contributed by atoms with Crippen LogP contribution in [-0.4, -0.2) is 240 Å². The van der Waals surface area contributed by atoms with Crippen LogP contribution in [0.15, 0.2) is 236 Å². The number of nitro groups is 5. The predicted octanol–water partition coefficient (Wildman–Crippen LogP) is 19.8. The minimum absolute atomic E-state index is 0.00509. The normalized spacial score (nSPS) is 17.0. The van der Waals surface area contributed by atoms with Gasteiger partial charge >= 0.3 is 0 Å². The van der Waals surface area contributed by atoms with Gasteiger partial charge in [-0.3, -0.25) is 55.4 Å². The quantitative estimate of drug-likeness (QED) is 0.0318. The fraction of sp³-hybridized carbons (Fsp3) is 0.365. The van der Waals surface area contributed by atoms with Gasteiger partial charge in [-0.1, -0.05) is 129 Å². The van der Waals surface area contributed by atoms with Crippen LogP contribution in [0, 0.1) is 78.3 Å². The van der Waals surface area contributed by atoms with Crippen molar-refractivity contribution in [3.63, 3.8) is 0 Å². The van der Waals surface area contributed by atoms with Crippen molar-refractivity contribution in [2.75, 3.05) is 124 Å². The molecule has 17 rings (SSSR count). The largest absolute Gasteiger partial charge is 0.456 e. The van der Waals surface area contributed by atoms with Gasteiger partial charge in [0.25, 0.3) is 28.4 Å². The van der Waals surface area contributed by atoms with Crippen LogP contribution >= 0.6 is 105 Å². The van der Waals surface area contributed by atoms with Crippen LogP contribution in [0.2, 0.25) is 30.1 Å². The van der Waals surface area contributed by atoms with Crippen molar-refractivity contribution in [3.05, 3.63) is 285 Å². The highest BCUT2D eigenvalue weighted by molar-refractivity contribution is 8.01. The molecule has 0 unspecified atom stereocenters. The van der Waals surface area contributed by atoms with Gasteiger partial charge in [-0.15, -0.1) is 0 Å². The van der Waals surface area contributed by atoms with E-state index in [-0.39, 0.29) is 77.7 Å². The van der Waals surface area contributed by atoms with Crippen LogP contribution < -0.4 is 25.4 Å². The summed E-state index contributed by atoms with van der Waals surface area (Å²) in [5, 5.41) is 67.4. The number of carbonyl (C=O) groups is 1. The Morgan fingerprint density at radius 3 is 1.03 bits per heavy atom. The number of halogens is 6. The van der Waals surface area contributed by atoms with Crippen LogP contribution in [0.25, 0.3) is 0 Å². The van der Waals surface area contributed by atoms with Crippen molar-refractivity contribution >= 4 is 189 Å².